The number of rotatable bonds is 9. The van der Waals surface area contributed by atoms with Crippen molar-refractivity contribution in [3.05, 3.63) is 17.3 Å². The molecule has 0 saturated heterocycles. The minimum atomic E-state index is 0.730. The van der Waals surface area contributed by atoms with Crippen LogP contribution < -0.4 is 10.1 Å². The van der Waals surface area contributed by atoms with Crippen LogP contribution in [0.2, 0.25) is 0 Å². The van der Waals surface area contributed by atoms with Gasteiger partial charge < -0.3 is 15.0 Å². The van der Waals surface area contributed by atoms with Gasteiger partial charge in [0.2, 0.25) is 5.88 Å². The molecule has 0 aromatic carbocycles. The molecule has 2 aromatic heterocycles. The van der Waals surface area contributed by atoms with E-state index >= 15 is 0 Å². The second-order valence-electron chi connectivity index (χ2n) is 4.68. The number of thiazole rings is 1. The van der Waals surface area contributed by atoms with E-state index in [9.17, 15) is 0 Å². The van der Waals surface area contributed by atoms with Crippen LogP contribution in [0.15, 0.2) is 11.6 Å². The molecule has 0 radical (unpaired) electrons. The van der Waals surface area contributed by atoms with E-state index in [0.29, 0.717) is 0 Å². The summed E-state index contributed by atoms with van der Waals surface area (Å²) < 4.78 is 7.44. The molecule has 0 bridgehead atoms. The summed E-state index contributed by atoms with van der Waals surface area (Å²) in [5.41, 5.74) is 1.10. The third-order valence-corrected chi connectivity index (χ3v) is 4.29. The Morgan fingerprint density at radius 1 is 1.40 bits per heavy atom. The summed E-state index contributed by atoms with van der Waals surface area (Å²) in [7, 11) is 1.68. The van der Waals surface area contributed by atoms with Crippen LogP contribution >= 0.6 is 11.3 Å². The van der Waals surface area contributed by atoms with E-state index < -0.39 is 0 Å². The third-order valence-electron chi connectivity index (χ3n) is 3.53. The molecular weight excluding hydrogens is 272 g/mol. The number of ether oxygens (including phenoxy) is 1. The Morgan fingerprint density at radius 3 is 2.90 bits per heavy atom. The van der Waals surface area contributed by atoms with Gasteiger partial charge in [0.1, 0.15) is 5.69 Å². The summed E-state index contributed by atoms with van der Waals surface area (Å²) >= 11 is 1.63. The number of hydrogen-bond acceptors (Lipinski definition) is 5. The molecule has 0 aliphatic heterocycles. The molecule has 20 heavy (non-hydrogen) atoms. The van der Waals surface area contributed by atoms with E-state index in [4.69, 9.17) is 4.74 Å². The Hall–Kier alpha value is -1.11. The second kappa shape index (κ2) is 7.61. The van der Waals surface area contributed by atoms with E-state index in [-0.39, 0.29) is 0 Å². The van der Waals surface area contributed by atoms with Crippen molar-refractivity contribution in [1.29, 1.82) is 0 Å². The maximum Gasteiger partial charge on any atom is 0.237 e. The first-order valence-corrected chi connectivity index (χ1v) is 8.09. The maximum absolute atomic E-state index is 5.35. The van der Waals surface area contributed by atoms with E-state index in [0.717, 1.165) is 55.7 Å². The first-order chi connectivity index (χ1) is 9.80. The number of nitrogens with zero attached hydrogens (tertiary/aromatic N) is 3. The van der Waals surface area contributed by atoms with Crippen LogP contribution in [0.5, 0.6) is 5.88 Å². The highest BCUT2D eigenvalue weighted by atomic mass is 32.1. The van der Waals surface area contributed by atoms with Gasteiger partial charge >= 0.3 is 0 Å². The van der Waals surface area contributed by atoms with Gasteiger partial charge in [0.15, 0.2) is 4.96 Å². The first kappa shape index (κ1) is 15.3. The van der Waals surface area contributed by atoms with Crippen molar-refractivity contribution in [2.24, 2.45) is 0 Å². The van der Waals surface area contributed by atoms with Gasteiger partial charge in [0.25, 0.3) is 0 Å². The molecular formula is C14H24N4OS. The molecule has 6 heteroatoms. The van der Waals surface area contributed by atoms with Gasteiger partial charge in [-0.3, -0.25) is 4.40 Å². The number of aromatic nitrogens is 2. The molecule has 0 fully saturated rings. The third kappa shape index (κ3) is 3.50. The van der Waals surface area contributed by atoms with Gasteiger partial charge in [-0.1, -0.05) is 13.8 Å². The lowest BCUT2D eigenvalue weighted by Crippen LogP contribution is -2.27. The molecule has 0 atom stereocenters. The molecule has 0 saturated carbocycles. The summed E-state index contributed by atoms with van der Waals surface area (Å²) in [5, 5.41) is 5.53. The van der Waals surface area contributed by atoms with Crippen molar-refractivity contribution >= 4 is 16.3 Å². The Kier molecular flexibility index (Phi) is 5.82. The molecule has 5 nitrogen and oxygen atoms in total. The average molecular weight is 296 g/mol. The van der Waals surface area contributed by atoms with E-state index in [1.807, 2.05) is 11.6 Å². The summed E-state index contributed by atoms with van der Waals surface area (Å²) in [5.74, 6) is 0.730. The topological polar surface area (TPSA) is 41.8 Å². The Labute approximate surface area is 124 Å². The highest BCUT2D eigenvalue weighted by Crippen LogP contribution is 2.22. The molecule has 0 amide bonds. The fourth-order valence-corrected chi connectivity index (χ4v) is 3.04. The van der Waals surface area contributed by atoms with Gasteiger partial charge in [-0.05, 0) is 32.6 Å². The fourth-order valence-electron chi connectivity index (χ4n) is 2.31. The van der Waals surface area contributed by atoms with Crippen molar-refractivity contribution in [3.8, 4) is 5.88 Å². The molecule has 112 valence electrons. The molecule has 0 unspecified atom stereocenters. The van der Waals surface area contributed by atoms with Crippen molar-refractivity contribution in [2.45, 2.75) is 26.8 Å². The van der Waals surface area contributed by atoms with Gasteiger partial charge in [-0.15, -0.1) is 11.3 Å². The zero-order chi connectivity index (χ0) is 14.4. The number of nitrogens with one attached hydrogen (secondary N) is 1. The molecule has 0 spiro atoms. The quantitative estimate of drug-likeness (QED) is 0.721. The Bertz CT molecular complexity index is 518. The second-order valence-corrected chi connectivity index (χ2v) is 5.55. The smallest absolute Gasteiger partial charge is 0.237 e. The zero-order valence-electron chi connectivity index (χ0n) is 12.6. The maximum atomic E-state index is 5.35. The molecule has 2 aromatic rings. The molecule has 1 N–H and O–H groups in total. The van der Waals surface area contributed by atoms with Crippen molar-refractivity contribution in [1.82, 2.24) is 19.6 Å². The SMILES string of the molecule is CCN(CC)CCCNCc1c(OC)nc2sccn12. The number of imidazole rings is 1. The number of hydrogen-bond donors (Lipinski definition) is 1. The van der Waals surface area contributed by atoms with Crippen molar-refractivity contribution in [3.63, 3.8) is 0 Å². The number of fused-ring (bicyclic) bond motifs is 1. The highest BCUT2D eigenvalue weighted by Gasteiger charge is 2.12. The van der Waals surface area contributed by atoms with Crippen LogP contribution in [-0.4, -0.2) is 47.6 Å². The van der Waals surface area contributed by atoms with E-state index in [1.165, 1.54) is 0 Å². The lowest BCUT2D eigenvalue weighted by molar-refractivity contribution is 0.297. The first-order valence-electron chi connectivity index (χ1n) is 7.21. The Morgan fingerprint density at radius 2 is 2.20 bits per heavy atom. The average Bonchev–Trinajstić information content (AvgIpc) is 3.04. The lowest BCUT2D eigenvalue weighted by atomic mass is 10.3. The summed E-state index contributed by atoms with van der Waals surface area (Å²) in [6.45, 7) is 9.63. The van der Waals surface area contributed by atoms with Gasteiger partial charge in [-0.25, -0.2) is 0 Å². The van der Waals surface area contributed by atoms with Crippen LogP contribution in [0.4, 0.5) is 0 Å². The van der Waals surface area contributed by atoms with Crippen LogP contribution in [0.3, 0.4) is 0 Å². The van der Waals surface area contributed by atoms with Crippen LogP contribution in [-0.2, 0) is 6.54 Å². The normalized spacial score (nSPS) is 11.6. The largest absolute Gasteiger partial charge is 0.480 e. The van der Waals surface area contributed by atoms with E-state index in [1.54, 1.807) is 18.4 Å². The highest BCUT2D eigenvalue weighted by molar-refractivity contribution is 7.15. The minimum Gasteiger partial charge on any atom is -0.480 e. The van der Waals surface area contributed by atoms with Gasteiger partial charge in [0.05, 0.1) is 7.11 Å². The summed E-state index contributed by atoms with van der Waals surface area (Å²) in [6.07, 6.45) is 3.21. The van der Waals surface area contributed by atoms with Crippen LogP contribution in [0, 0.1) is 0 Å². The fraction of sp³-hybridized carbons (Fsp3) is 0.643. The predicted molar refractivity (Wildman–Crippen MR) is 83.7 cm³/mol. The summed E-state index contributed by atoms with van der Waals surface area (Å²) in [4.78, 5) is 7.89. The van der Waals surface area contributed by atoms with E-state index in [2.05, 4.69) is 33.4 Å². The monoisotopic (exact) mass is 296 g/mol. The molecule has 0 aliphatic rings. The van der Waals surface area contributed by atoms with Gasteiger partial charge in [-0.2, -0.15) is 4.98 Å². The predicted octanol–water partition coefficient (Wildman–Crippen LogP) is 2.23. The summed E-state index contributed by atoms with van der Waals surface area (Å²) in [6, 6.07) is 0. The minimum absolute atomic E-state index is 0.730. The van der Waals surface area contributed by atoms with Crippen LogP contribution in [0.1, 0.15) is 26.0 Å². The number of methoxy groups -OCH3 is 1. The van der Waals surface area contributed by atoms with Crippen molar-refractivity contribution in [2.75, 3.05) is 33.3 Å². The zero-order valence-corrected chi connectivity index (χ0v) is 13.4. The molecule has 0 aliphatic carbocycles. The standard InChI is InChI=1S/C14H24N4OS/c1-4-17(5-2)8-6-7-15-11-12-13(19-3)16-14-18(12)9-10-20-14/h9-10,15H,4-8,11H2,1-3H3. The molecule has 2 heterocycles. The van der Waals surface area contributed by atoms with Crippen molar-refractivity contribution < 1.29 is 4.74 Å². The van der Waals surface area contributed by atoms with Crippen LogP contribution in [0.25, 0.3) is 4.96 Å². The van der Waals surface area contributed by atoms with Gasteiger partial charge in [0, 0.05) is 18.1 Å². The molecule has 2 rings (SSSR count). The lowest BCUT2D eigenvalue weighted by Gasteiger charge is -2.17. The Balaban J connectivity index is 1.82.